The number of imide groups is 2. The van der Waals surface area contributed by atoms with Crippen LogP contribution in [-0.2, 0) is 24.7 Å². The molecule has 2 heterocycles. The number of amides is 6. The van der Waals surface area contributed by atoms with Gasteiger partial charge in [-0.1, -0.05) is 24.3 Å². The van der Waals surface area contributed by atoms with Crippen molar-refractivity contribution >= 4 is 29.7 Å². The fourth-order valence-corrected chi connectivity index (χ4v) is 4.35. The minimum absolute atomic E-state index is 0.104. The van der Waals surface area contributed by atoms with Gasteiger partial charge in [-0.15, -0.1) is 0 Å². The van der Waals surface area contributed by atoms with Crippen molar-refractivity contribution in [2.45, 2.75) is 31.7 Å². The fourth-order valence-electron chi connectivity index (χ4n) is 4.35. The Morgan fingerprint density at radius 3 is 2.44 bits per heavy atom. The molecular formula is C22H24N4O6. The molecule has 6 amide bonds. The summed E-state index contributed by atoms with van der Waals surface area (Å²) in [5.41, 5.74) is 1.40. The van der Waals surface area contributed by atoms with Crippen molar-refractivity contribution in [2.75, 3.05) is 13.7 Å². The SMILES string of the molecule is COc1cccc([C@@]2(C)NC(=O)N(NC(=O)CCN3C(=O)[C@H]4CC=CC[C@H]4C3=O)C2=O)c1. The molecule has 0 unspecified atom stereocenters. The van der Waals surface area contributed by atoms with Gasteiger partial charge in [0.25, 0.3) is 5.91 Å². The monoisotopic (exact) mass is 440 g/mol. The number of hydrazine groups is 1. The molecule has 3 atom stereocenters. The summed E-state index contributed by atoms with van der Waals surface area (Å²) >= 11 is 0. The number of nitrogens with one attached hydrogen (secondary N) is 2. The molecule has 2 fully saturated rings. The first-order chi connectivity index (χ1) is 15.3. The standard InChI is InChI=1S/C22H24N4O6/c1-22(13-6-5-7-14(12-13)32-2)20(30)26(21(31)23-22)24-17(27)10-11-25-18(28)15-8-3-4-9-16(15)19(25)29/h3-7,12,15-16H,8-11H2,1-2H3,(H,23,31)(H,24,27)/t15-,16+,22-/m1/s1. The summed E-state index contributed by atoms with van der Waals surface area (Å²) < 4.78 is 5.18. The van der Waals surface area contributed by atoms with E-state index in [1.807, 2.05) is 12.2 Å². The van der Waals surface area contributed by atoms with Crippen LogP contribution in [0.15, 0.2) is 36.4 Å². The van der Waals surface area contributed by atoms with Crippen molar-refractivity contribution in [1.82, 2.24) is 20.7 Å². The largest absolute Gasteiger partial charge is 0.497 e. The lowest BCUT2D eigenvalue weighted by molar-refractivity contribution is -0.142. The molecule has 0 saturated carbocycles. The summed E-state index contributed by atoms with van der Waals surface area (Å²) in [6, 6.07) is 5.92. The number of carbonyl (C=O) groups excluding carboxylic acids is 5. The van der Waals surface area contributed by atoms with Gasteiger partial charge in [0.2, 0.25) is 17.7 Å². The topological polar surface area (TPSA) is 125 Å². The molecular weight excluding hydrogens is 416 g/mol. The van der Waals surface area contributed by atoms with Gasteiger partial charge in [0, 0.05) is 13.0 Å². The molecule has 0 spiro atoms. The van der Waals surface area contributed by atoms with Crippen molar-refractivity contribution < 1.29 is 28.7 Å². The summed E-state index contributed by atoms with van der Waals surface area (Å²) in [5, 5.41) is 3.21. The van der Waals surface area contributed by atoms with Gasteiger partial charge in [0.05, 0.1) is 18.9 Å². The second kappa shape index (κ2) is 8.10. The van der Waals surface area contributed by atoms with E-state index < -0.39 is 23.4 Å². The molecule has 2 aliphatic heterocycles. The van der Waals surface area contributed by atoms with Crippen LogP contribution in [0.2, 0.25) is 0 Å². The zero-order valence-corrected chi connectivity index (χ0v) is 17.8. The number of urea groups is 1. The number of carbonyl (C=O) groups is 5. The Labute approximate surface area is 184 Å². The summed E-state index contributed by atoms with van der Waals surface area (Å²) in [4.78, 5) is 64.0. The summed E-state index contributed by atoms with van der Waals surface area (Å²) in [5.74, 6) is -2.10. The Bertz CT molecular complexity index is 1010. The van der Waals surface area contributed by atoms with E-state index >= 15 is 0 Å². The van der Waals surface area contributed by atoms with E-state index in [2.05, 4.69) is 10.7 Å². The van der Waals surface area contributed by atoms with Crippen LogP contribution in [0.3, 0.4) is 0 Å². The van der Waals surface area contributed by atoms with E-state index in [1.165, 1.54) is 14.0 Å². The minimum atomic E-state index is -1.39. The molecule has 10 heteroatoms. The average Bonchev–Trinajstić information content (AvgIpc) is 3.17. The lowest BCUT2D eigenvalue weighted by Gasteiger charge is -2.22. The van der Waals surface area contributed by atoms with Crippen LogP contribution < -0.4 is 15.5 Å². The number of allylic oxidation sites excluding steroid dienone is 2. The maximum atomic E-state index is 13.0. The first kappa shape index (κ1) is 21.5. The molecule has 2 saturated heterocycles. The van der Waals surface area contributed by atoms with Crippen molar-refractivity contribution in [2.24, 2.45) is 11.8 Å². The molecule has 3 aliphatic rings. The fraction of sp³-hybridized carbons (Fsp3) is 0.409. The van der Waals surface area contributed by atoms with Gasteiger partial charge in [0.15, 0.2) is 0 Å². The maximum Gasteiger partial charge on any atom is 0.344 e. The molecule has 32 heavy (non-hydrogen) atoms. The summed E-state index contributed by atoms with van der Waals surface area (Å²) in [6.07, 6.45) is 4.59. The van der Waals surface area contributed by atoms with E-state index in [1.54, 1.807) is 24.3 Å². The Morgan fingerprint density at radius 1 is 1.16 bits per heavy atom. The normalized spacial score (nSPS) is 26.9. The smallest absolute Gasteiger partial charge is 0.344 e. The number of benzene rings is 1. The van der Waals surface area contributed by atoms with Crippen molar-refractivity contribution in [3.8, 4) is 5.75 Å². The van der Waals surface area contributed by atoms with Crippen LogP contribution in [-0.4, -0.2) is 53.2 Å². The van der Waals surface area contributed by atoms with Crippen LogP contribution in [0.1, 0.15) is 31.7 Å². The number of fused-ring (bicyclic) bond motifs is 1. The van der Waals surface area contributed by atoms with Gasteiger partial charge in [-0.25, -0.2) is 4.79 Å². The van der Waals surface area contributed by atoms with Crippen LogP contribution in [0.5, 0.6) is 5.75 Å². The van der Waals surface area contributed by atoms with Gasteiger partial charge in [-0.2, -0.15) is 5.01 Å². The zero-order chi connectivity index (χ0) is 23.0. The Morgan fingerprint density at radius 2 is 1.81 bits per heavy atom. The predicted molar refractivity (Wildman–Crippen MR) is 111 cm³/mol. The van der Waals surface area contributed by atoms with Crippen molar-refractivity contribution in [1.29, 1.82) is 0 Å². The van der Waals surface area contributed by atoms with Crippen LogP contribution >= 0.6 is 0 Å². The molecule has 168 valence electrons. The van der Waals surface area contributed by atoms with Crippen LogP contribution in [0, 0.1) is 11.8 Å². The number of nitrogens with zero attached hydrogens (tertiary/aromatic N) is 2. The van der Waals surface area contributed by atoms with Crippen LogP contribution in [0.4, 0.5) is 4.79 Å². The first-order valence-electron chi connectivity index (χ1n) is 10.4. The highest BCUT2D eigenvalue weighted by Gasteiger charge is 2.50. The number of hydrogen-bond acceptors (Lipinski definition) is 6. The Kier molecular flexibility index (Phi) is 5.45. The van der Waals surface area contributed by atoms with Gasteiger partial charge in [0.1, 0.15) is 11.3 Å². The highest BCUT2D eigenvalue weighted by molar-refractivity contribution is 6.08. The van der Waals surface area contributed by atoms with Crippen LogP contribution in [0.25, 0.3) is 0 Å². The number of methoxy groups -OCH3 is 1. The quantitative estimate of drug-likeness (QED) is 0.384. The molecule has 0 radical (unpaired) electrons. The highest BCUT2D eigenvalue weighted by Crippen LogP contribution is 2.35. The zero-order valence-electron chi connectivity index (χ0n) is 17.8. The van der Waals surface area contributed by atoms with E-state index in [4.69, 9.17) is 4.74 Å². The van der Waals surface area contributed by atoms with Gasteiger partial charge < -0.3 is 10.1 Å². The van der Waals surface area contributed by atoms with E-state index in [9.17, 15) is 24.0 Å². The Hall–Kier alpha value is -3.69. The average molecular weight is 440 g/mol. The summed E-state index contributed by atoms with van der Waals surface area (Å²) in [6.45, 7) is 1.43. The molecule has 1 aromatic carbocycles. The molecule has 4 rings (SSSR count). The third kappa shape index (κ3) is 3.51. The van der Waals surface area contributed by atoms with Gasteiger partial charge in [-0.3, -0.25) is 29.5 Å². The predicted octanol–water partition coefficient (Wildman–Crippen LogP) is 0.835. The second-order valence-electron chi connectivity index (χ2n) is 8.20. The maximum absolute atomic E-state index is 13.0. The van der Waals surface area contributed by atoms with Crippen molar-refractivity contribution in [3.05, 3.63) is 42.0 Å². The summed E-state index contributed by atoms with van der Waals surface area (Å²) in [7, 11) is 1.49. The van der Waals surface area contributed by atoms with Gasteiger partial charge in [-0.05, 0) is 37.5 Å². The van der Waals surface area contributed by atoms with E-state index in [-0.39, 0.29) is 36.6 Å². The minimum Gasteiger partial charge on any atom is -0.497 e. The van der Waals surface area contributed by atoms with E-state index in [0.717, 1.165) is 4.90 Å². The van der Waals surface area contributed by atoms with Crippen molar-refractivity contribution in [3.63, 3.8) is 0 Å². The highest BCUT2D eigenvalue weighted by atomic mass is 16.5. The van der Waals surface area contributed by atoms with Gasteiger partial charge >= 0.3 is 6.03 Å². The third-order valence-corrected chi connectivity index (χ3v) is 6.24. The number of rotatable bonds is 6. The number of likely N-dealkylation sites (tertiary alicyclic amines) is 1. The molecule has 1 aromatic rings. The molecule has 1 aliphatic carbocycles. The number of hydrogen-bond donors (Lipinski definition) is 2. The second-order valence-corrected chi connectivity index (χ2v) is 8.20. The molecule has 10 nitrogen and oxygen atoms in total. The molecule has 2 N–H and O–H groups in total. The molecule has 0 bridgehead atoms. The molecule has 0 aromatic heterocycles. The number of ether oxygens (including phenoxy) is 1. The first-order valence-corrected chi connectivity index (χ1v) is 10.4. The lowest BCUT2D eigenvalue weighted by Crippen LogP contribution is -2.48. The van der Waals surface area contributed by atoms with E-state index in [0.29, 0.717) is 29.2 Å². The Balaban J connectivity index is 1.39. The lowest BCUT2D eigenvalue weighted by atomic mass is 9.85. The third-order valence-electron chi connectivity index (χ3n) is 6.24.